The minimum absolute atomic E-state index is 0.0733. The molecule has 3 heterocycles. The zero-order chi connectivity index (χ0) is 17.1. The molecule has 3 saturated heterocycles. The topological polar surface area (TPSA) is 102 Å². The molecule has 132 valence electrons. The number of nitrogens with zero attached hydrogens (tertiary/aromatic N) is 4. The highest BCUT2D eigenvalue weighted by molar-refractivity contribution is 6.13. The van der Waals surface area contributed by atoms with E-state index in [1.165, 1.54) is 0 Å². The molecule has 10 heteroatoms. The molecule has 1 N–H and O–H groups in total. The van der Waals surface area contributed by atoms with E-state index in [0.29, 0.717) is 59.0 Å². The van der Waals surface area contributed by atoms with Gasteiger partial charge < -0.3 is 9.64 Å². The molecule has 0 aliphatic carbocycles. The summed E-state index contributed by atoms with van der Waals surface area (Å²) >= 11 is 0. The van der Waals surface area contributed by atoms with Gasteiger partial charge in [0.2, 0.25) is 11.8 Å². The number of ether oxygens (including phenoxy) is 1. The van der Waals surface area contributed by atoms with Gasteiger partial charge in [-0.25, -0.2) is 9.80 Å². The SMILES string of the molecule is O=C1CC(=O)N(N2CCN(CC(=O)N3CCOCC3)CC2)C(=O)N1. The van der Waals surface area contributed by atoms with Crippen LogP contribution in [0.25, 0.3) is 0 Å². The number of carbonyl (C=O) groups is 4. The van der Waals surface area contributed by atoms with Crippen LogP contribution in [-0.4, -0.2) is 103 Å². The standard InChI is InChI=1S/C14H21N5O5/c20-11-9-12(21)19(14(23)15-11)18-3-1-16(2-4-18)10-13(22)17-5-7-24-8-6-17/h1-10H2,(H,15,20,23). The Bertz CT molecular complexity index is 520. The molecule has 5 amide bonds. The number of imide groups is 2. The molecule has 3 aliphatic heterocycles. The van der Waals surface area contributed by atoms with E-state index in [0.717, 1.165) is 5.01 Å². The summed E-state index contributed by atoms with van der Waals surface area (Å²) in [4.78, 5) is 50.9. The van der Waals surface area contributed by atoms with Crippen molar-refractivity contribution >= 4 is 23.8 Å². The number of rotatable bonds is 3. The van der Waals surface area contributed by atoms with E-state index >= 15 is 0 Å². The Labute approximate surface area is 139 Å². The molecule has 0 aromatic heterocycles. The van der Waals surface area contributed by atoms with Crippen LogP contribution < -0.4 is 5.32 Å². The molecule has 0 unspecified atom stereocenters. The molecule has 0 aromatic rings. The number of amides is 5. The van der Waals surface area contributed by atoms with Crippen LogP contribution in [0, 0.1) is 0 Å². The van der Waals surface area contributed by atoms with E-state index < -0.39 is 17.8 Å². The summed E-state index contributed by atoms with van der Waals surface area (Å²) in [5.41, 5.74) is 0. The smallest absolute Gasteiger partial charge is 0.345 e. The lowest BCUT2D eigenvalue weighted by atomic mass is 10.3. The van der Waals surface area contributed by atoms with Gasteiger partial charge in [0, 0.05) is 39.3 Å². The van der Waals surface area contributed by atoms with Crippen molar-refractivity contribution in [2.45, 2.75) is 6.42 Å². The Balaban J connectivity index is 1.48. The number of hydrogen-bond acceptors (Lipinski definition) is 7. The predicted octanol–water partition coefficient (Wildman–Crippen LogP) is -2.15. The van der Waals surface area contributed by atoms with E-state index in [4.69, 9.17) is 4.74 Å². The van der Waals surface area contributed by atoms with E-state index in [2.05, 4.69) is 5.32 Å². The molecular weight excluding hydrogens is 318 g/mol. The Kier molecular flexibility index (Phi) is 5.07. The molecule has 3 fully saturated rings. The van der Waals surface area contributed by atoms with Gasteiger partial charge in [0.05, 0.1) is 19.8 Å². The van der Waals surface area contributed by atoms with Crippen LogP contribution in [0.2, 0.25) is 0 Å². The second-order valence-corrected chi connectivity index (χ2v) is 5.96. The van der Waals surface area contributed by atoms with E-state index in [1.807, 2.05) is 4.90 Å². The molecular formula is C14H21N5O5. The van der Waals surface area contributed by atoms with Gasteiger partial charge in [-0.1, -0.05) is 0 Å². The highest BCUT2D eigenvalue weighted by atomic mass is 16.5. The minimum atomic E-state index is -0.700. The molecule has 3 aliphatic rings. The number of hydrogen-bond donors (Lipinski definition) is 1. The third-order valence-corrected chi connectivity index (χ3v) is 4.34. The van der Waals surface area contributed by atoms with Crippen LogP contribution in [-0.2, 0) is 19.1 Å². The Hall–Kier alpha value is -2.04. The summed E-state index contributed by atoms with van der Waals surface area (Å²) in [5.74, 6) is -1.01. The average Bonchev–Trinajstić information content (AvgIpc) is 2.56. The molecule has 0 radical (unpaired) electrons. The van der Waals surface area contributed by atoms with Crippen molar-refractivity contribution in [1.82, 2.24) is 25.1 Å². The zero-order valence-corrected chi connectivity index (χ0v) is 13.4. The Morgan fingerprint density at radius 1 is 1.00 bits per heavy atom. The summed E-state index contributed by atoms with van der Waals surface area (Å²) < 4.78 is 5.24. The van der Waals surface area contributed by atoms with Gasteiger partial charge in [0.1, 0.15) is 6.42 Å². The fourth-order valence-corrected chi connectivity index (χ4v) is 3.03. The quantitative estimate of drug-likeness (QED) is 0.585. The molecule has 24 heavy (non-hydrogen) atoms. The van der Waals surface area contributed by atoms with E-state index in [9.17, 15) is 19.2 Å². The predicted molar refractivity (Wildman–Crippen MR) is 80.4 cm³/mol. The number of morpholine rings is 1. The maximum atomic E-state index is 12.2. The lowest BCUT2D eigenvalue weighted by molar-refractivity contribution is -0.151. The minimum Gasteiger partial charge on any atom is -0.378 e. The van der Waals surface area contributed by atoms with Crippen LogP contribution in [0.15, 0.2) is 0 Å². The van der Waals surface area contributed by atoms with Gasteiger partial charge in [0.15, 0.2) is 0 Å². The molecule has 0 spiro atoms. The van der Waals surface area contributed by atoms with Gasteiger partial charge in [-0.05, 0) is 0 Å². The molecule has 0 atom stereocenters. The first kappa shape index (κ1) is 16.8. The summed E-state index contributed by atoms with van der Waals surface area (Å²) in [6, 6.07) is -0.700. The number of urea groups is 1. The monoisotopic (exact) mass is 339 g/mol. The van der Waals surface area contributed by atoms with Crippen LogP contribution in [0.1, 0.15) is 6.42 Å². The van der Waals surface area contributed by atoms with Crippen molar-refractivity contribution in [3.63, 3.8) is 0 Å². The molecule has 0 saturated carbocycles. The van der Waals surface area contributed by atoms with Crippen LogP contribution in [0.5, 0.6) is 0 Å². The van der Waals surface area contributed by atoms with Crippen molar-refractivity contribution in [2.24, 2.45) is 0 Å². The second kappa shape index (κ2) is 7.24. The number of piperazine rings is 1. The van der Waals surface area contributed by atoms with Crippen LogP contribution in [0.3, 0.4) is 0 Å². The van der Waals surface area contributed by atoms with E-state index in [1.54, 1.807) is 9.91 Å². The highest BCUT2D eigenvalue weighted by Crippen LogP contribution is 2.11. The molecule has 0 aromatic carbocycles. The van der Waals surface area contributed by atoms with Gasteiger partial charge in [-0.3, -0.25) is 24.6 Å². The normalized spacial score (nSPS) is 24.2. The van der Waals surface area contributed by atoms with E-state index in [-0.39, 0.29) is 12.3 Å². The third kappa shape index (κ3) is 3.71. The Morgan fingerprint density at radius 3 is 2.29 bits per heavy atom. The van der Waals surface area contributed by atoms with Crippen LogP contribution in [0.4, 0.5) is 4.79 Å². The first-order valence-corrected chi connectivity index (χ1v) is 8.04. The third-order valence-electron chi connectivity index (χ3n) is 4.34. The number of carbonyl (C=O) groups excluding carboxylic acids is 4. The van der Waals surface area contributed by atoms with Crippen molar-refractivity contribution in [3.05, 3.63) is 0 Å². The largest absolute Gasteiger partial charge is 0.378 e. The summed E-state index contributed by atoms with van der Waals surface area (Å²) in [7, 11) is 0. The first-order valence-electron chi connectivity index (χ1n) is 8.04. The fourth-order valence-electron chi connectivity index (χ4n) is 3.03. The Morgan fingerprint density at radius 2 is 1.67 bits per heavy atom. The average molecular weight is 339 g/mol. The second-order valence-electron chi connectivity index (χ2n) is 5.96. The summed E-state index contributed by atoms with van der Waals surface area (Å²) in [6.45, 7) is 4.75. The van der Waals surface area contributed by atoms with Crippen LogP contribution >= 0.6 is 0 Å². The van der Waals surface area contributed by atoms with Crippen molar-refractivity contribution in [1.29, 1.82) is 0 Å². The lowest BCUT2D eigenvalue weighted by Gasteiger charge is -2.41. The molecule has 10 nitrogen and oxygen atoms in total. The number of barbiturate groups is 1. The van der Waals surface area contributed by atoms with Gasteiger partial charge in [-0.15, -0.1) is 0 Å². The van der Waals surface area contributed by atoms with Gasteiger partial charge in [-0.2, -0.15) is 5.01 Å². The molecule has 3 rings (SSSR count). The van der Waals surface area contributed by atoms with Gasteiger partial charge in [0.25, 0.3) is 5.91 Å². The molecule has 0 bridgehead atoms. The number of nitrogens with one attached hydrogen (secondary N) is 1. The van der Waals surface area contributed by atoms with Gasteiger partial charge >= 0.3 is 6.03 Å². The number of hydrazine groups is 1. The summed E-state index contributed by atoms with van der Waals surface area (Å²) in [6.07, 6.45) is -0.318. The van der Waals surface area contributed by atoms with Crippen molar-refractivity contribution < 1.29 is 23.9 Å². The maximum Gasteiger partial charge on any atom is 0.345 e. The summed E-state index contributed by atoms with van der Waals surface area (Å²) in [5, 5.41) is 4.77. The van der Waals surface area contributed by atoms with Crippen molar-refractivity contribution in [2.75, 3.05) is 59.0 Å². The first-order chi connectivity index (χ1) is 11.5. The fraction of sp³-hybridized carbons (Fsp3) is 0.714. The lowest BCUT2D eigenvalue weighted by Crippen LogP contribution is -2.63. The highest BCUT2D eigenvalue weighted by Gasteiger charge is 2.36. The zero-order valence-electron chi connectivity index (χ0n) is 13.4. The van der Waals surface area contributed by atoms with Crippen molar-refractivity contribution in [3.8, 4) is 0 Å². The maximum absolute atomic E-state index is 12.2.